The Balaban J connectivity index is 3.33. The van der Waals surface area contributed by atoms with Crippen LogP contribution in [0.3, 0.4) is 0 Å². The number of H-pyrrole nitrogens is 1. The molecule has 0 aromatic carbocycles. The van der Waals surface area contributed by atoms with Gasteiger partial charge in [-0.15, -0.1) is 0 Å². The van der Waals surface area contributed by atoms with Crippen LogP contribution < -0.4 is 16.0 Å². The van der Waals surface area contributed by atoms with Crippen molar-refractivity contribution in [2.45, 2.75) is 6.43 Å². The number of hydrogen-bond donors (Lipinski definition) is 2. The Morgan fingerprint density at radius 3 is 2.69 bits per heavy atom. The maximum atomic E-state index is 12.2. The number of hydrogen-bond acceptors (Lipinski definition) is 3. The van der Waals surface area contributed by atoms with E-state index in [0.717, 1.165) is 6.07 Å². The second kappa shape index (κ2) is 3.42. The number of alkyl halides is 2. The van der Waals surface area contributed by atoms with Crippen molar-refractivity contribution in [1.29, 1.82) is 0 Å². The van der Waals surface area contributed by atoms with E-state index in [4.69, 9.17) is 5.73 Å². The van der Waals surface area contributed by atoms with Gasteiger partial charge < -0.3 is 15.5 Å². The van der Waals surface area contributed by atoms with Gasteiger partial charge in [0.2, 0.25) is 0 Å². The molecule has 13 heavy (non-hydrogen) atoms. The van der Waals surface area contributed by atoms with E-state index in [9.17, 15) is 13.6 Å². The third-order valence-electron chi connectivity index (χ3n) is 1.50. The molecule has 0 atom stereocenters. The molecule has 0 unspecified atom stereocenters. The lowest BCUT2D eigenvalue weighted by Crippen LogP contribution is -2.14. The normalized spacial score (nSPS) is 10.5. The van der Waals surface area contributed by atoms with E-state index < -0.39 is 17.7 Å². The highest BCUT2D eigenvalue weighted by atomic mass is 19.3. The number of anilines is 1. The molecule has 0 aliphatic rings. The van der Waals surface area contributed by atoms with Crippen molar-refractivity contribution in [3.8, 4) is 5.75 Å². The molecule has 6 heteroatoms. The van der Waals surface area contributed by atoms with Crippen LogP contribution in [0.15, 0.2) is 10.9 Å². The number of aromatic amines is 1. The summed E-state index contributed by atoms with van der Waals surface area (Å²) in [6, 6.07) is 1.07. The summed E-state index contributed by atoms with van der Waals surface area (Å²) in [4.78, 5) is 12.8. The van der Waals surface area contributed by atoms with Crippen LogP contribution in [0.25, 0.3) is 0 Å². The fourth-order valence-corrected chi connectivity index (χ4v) is 0.872. The zero-order chi connectivity index (χ0) is 10.0. The average molecular weight is 190 g/mol. The number of halogens is 2. The highest BCUT2D eigenvalue weighted by Gasteiger charge is 2.15. The van der Waals surface area contributed by atoms with Gasteiger partial charge in [-0.1, -0.05) is 0 Å². The smallest absolute Gasteiger partial charge is 0.282 e. The molecule has 3 N–H and O–H groups in total. The lowest BCUT2D eigenvalue weighted by atomic mass is 10.3. The van der Waals surface area contributed by atoms with Crippen LogP contribution >= 0.6 is 0 Å². The minimum atomic E-state index is -2.79. The molecule has 0 amide bonds. The minimum Gasteiger partial charge on any atom is -0.495 e. The van der Waals surface area contributed by atoms with Crippen molar-refractivity contribution in [3.05, 3.63) is 22.1 Å². The molecular formula is C7H8F2N2O2. The molecule has 0 fully saturated rings. The lowest BCUT2D eigenvalue weighted by Gasteiger charge is -2.07. The summed E-state index contributed by atoms with van der Waals surface area (Å²) < 4.78 is 29.1. The van der Waals surface area contributed by atoms with Gasteiger partial charge in [0.15, 0.2) is 0 Å². The summed E-state index contributed by atoms with van der Waals surface area (Å²) in [5.41, 5.74) is 3.75. The summed E-state index contributed by atoms with van der Waals surface area (Å²) in [5.74, 6) is -0.118. The molecule has 0 aliphatic carbocycles. The maximum Gasteiger partial charge on any atom is 0.282 e. The van der Waals surface area contributed by atoms with Crippen molar-refractivity contribution < 1.29 is 13.5 Å². The van der Waals surface area contributed by atoms with Gasteiger partial charge in [0.25, 0.3) is 12.0 Å². The molecule has 0 radical (unpaired) electrons. The van der Waals surface area contributed by atoms with Gasteiger partial charge >= 0.3 is 0 Å². The van der Waals surface area contributed by atoms with Crippen molar-refractivity contribution in [2.75, 3.05) is 12.8 Å². The quantitative estimate of drug-likeness (QED) is 0.728. The van der Waals surface area contributed by atoms with Crippen LogP contribution in [-0.2, 0) is 0 Å². The molecule has 1 aromatic rings. The van der Waals surface area contributed by atoms with Crippen molar-refractivity contribution >= 4 is 5.69 Å². The monoisotopic (exact) mass is 190 g/mol. The predicted octanol–water partition coefficient (Wildman–Crippen LogP) is 0.903. The first-order valence-corrected chi connectivity index (χ1v) is 3.41. The first kappa shape index (κ1) is 9.50. The van der Waals surface area contributed by atoms with E-state index in [0.29, 0.717) is 0 Å². The third kappa shape index (κ3) is 1.77. The molecule has 0 bridgehead atoms. The van der Waals surface area contributed by atoms with E-state index >= 15 is 0 Å². The van der Waals surface area contributed by atoms with E-state index in [1.807, 2.05) is 4.98 Å². The SMILES string of the molecule is COc1cc(N)c(=O)[nH]c1C(F)F. The highest BCUT2D eigenvalue weighted by molar-refractivity contribution is 5.44. The van der Waals surface area contributed by atoms with Crippen LogP contribution in [0.5, 0.6) is 5.75 Å². The van der Waals surface area contributed by atoms with Crippen molar-refractivity contribution in [1.82, 2.24) is 4.98 Å². The fraction of sp³-hybridized carbons (Fsp3) is 0.286. The van der Waals surface area contributed by atoms with E-state index in [2.05, 4.69) is 4.74 Å². The number of aromatic nitrogens is 1. The molecule has 0 saturated carbocycles. The molecule has 0 spiro atoms. The lowest BCUT2D eigenvalue weighted by molar-refractivity contribution is 0.141. The standard InChI is InChI=1S/C7H8F2N2O2/c1-13-4-2-3(10)7(12)11-5(4)6(8)9/h2,6H,10H2,1H3,(H,11,12). The van der Waals surface area contributed by atoms with Crippen molar-refractivity contribution in [2.24, 2.45) is 0 Å². The largest absolute Gasteiger partial charge is 0.495 e. The van der Waals surface area contributed by atoms with Crippen LogP contribution in [0.2, 0.25) is 0 Å². The zero-order valence-corrected chi connectivity index (χ0v) is 6.80. The first-order valence-electron chi connectivity index (χ1n) is 3.41. The van der Waals surface area contributed by atoms with Gasteiger partial charge in [0, 0.05) is 6.07 Å². The molecule has 0 aliphatic heterocycles. The number of methoxy groups -OCH3 is 1. The van der Waals surface area contributed by atoms with Crippen molar-refractivity contribution in [3.63, 3.8) is 0 Å². The Kier molecular flexibility index (Phi) is 2.50. The molecule has 0 saturated heterocycles. The second-order valence-electron chi connectivity index (χ2n) is 2.34. The molecule has 4 nitrogen and oxygen atoms in total. The Hall–Kier alpha value is -1.59. The second-order valence-corrected chi connectivity index (χ2v) is 2.34. The number of nitrogens with one attached hydrogen (secondary N) is 1. The average Bonchev–Trinajstić information content (AvgIpc) is 2.08. The fourth-order valence-electron chi connectivity index (χ4n) is 0.872. The van der Waals surface area contributed by atoms with Crippen LogP contribution in [0.4, 0.5) is 14.5 Å². The summed E-state index contributed by atoms with van der Waals surface area (Å²) in [6.45, 7) is 0. The highest BCUT2D eigenvalue weighted by Crippen LogP contribution is 2.26. The molecule has 1 heterocycles. The van der Waals surface area contributed by atoms with Gasteiger partial charge in [0.1, 0.15) is 17.1 Å². The minimum absolute atomic E-state index is 0.118. The Morgan fingerprint density at radius 2 is 2.23 bits per heavy atom. The summed E-state index contributed by atoms with van der Waals surface area (Å²) >= 11 is 0. The number of nitrogen functional groups attached to an aromatic ring is 1. The molecule has 1 aromatic heterocycles. The van der Waals surface area contributed by atoms with Gasteiger partial charge in [-0.25, -0.2) is 8.78 Å². The van der Waals surface area contributed by atoms with Crippen LogP contribution in [0, 0.1) is 0 Å². The van der Waals surface area contributed by atoms with Crippen LogP contribution in [0.1, 0.15) is 12.1 Å². The van der Waals surface area contributed by atoms with E-state index in [1.165, 1.54) is 7.11 Å². The summed E-state index contributed by atoms with van der Waals surface area (Å²) in [7, 11) is 1.22. The van der Waals surface area contributed by atoms with E-state index in [-0.39, 0.29) is 11.4 Å². The number of nitrogens with two attached hydrogens (primary N) is 1. The van der Waals surface area contributed by atoms with Gasteiger partial charge in [0.05, 0.1) is 7.11 Å². The van der Waals surface area contributed by atoms with Gasteiger partial charge in [-0.3, -0.25) is 4.79 Å². The number of rotatable bonds is 2. The Labute approximate surface area is 72.3 Å². The summed E-state index contributed by atoms with van der Waals surface area (Å²) in [5, 5.41) is 0. The number of ether oxygens (including phenoxy) is 1. The van der Waals surface area contributed by atoms with Crippen LogP contribution in [-0.4, -0.2) is 12.1 Å². The number of pyridine rings is 1. The molecule has 1 rings (SSSR count). The van der Waals surface area contributed by atoms with E-state index in [1.54, 1.807) is 0 Å². The predicted molar refractivity (Wildman–Crippen MR) is 43.0 cm³/mol. The Morgan fingerprint density at radius 1 is 1.62 bits per heavy atom. The van der Waals surface area contributed by atoms with Gasteiger partial charge in [-0.05, 0) is 0 Å². The maximum absolute atomic E-state index is 12.2. The Bertz CT molecular complexity index is 362. The summed E-state index contributed by atoms with van der Waals surface area (Å²) in [6.07, 6.45) is -2.79. The topological polar surface area (TPSA) is 68.1 Å². The van der Waals surface area contributed by atoms with Gasteiger partial charge in [-0.2, -0.15) is 0 Å². The zero-order valence-electron chi connectivity index (χ0n) is 6.80. The molecule has 72 valence electrons. The third-order valence-corrected chi connectivity index (χ3v) is 1.50. The first-order chi connectivity index (χ1) is 6.06. The molecular weight excluding hydrogens is 182 g/mol.